The first-order valence-electron chi connectivity index (χ1n) is 10.4. The Hall–Kier alpha value is -2.95. The molecule has 4 rings (SSSR count). The standard InChI is InChI=1S/C24H28N4O/c1-17-18(2)26-23(22-5-3-4-14-25-22)27-24(17)28-15-12-20(13-16-28)7-6-19-8-10-21(29)11-9-19/h3-5,8-11,14,20,29H,6-7,12-13,15-16H2,1-2H3. The fraction of sp³-hybridized carbons (Fsp3) is 0.375. The summed E-state index contributed by atoms with van der Waals surface area (Å²) in [4.78, 5) is 16.4. The lowest BCUT2D eigenvalue weighted by Crippen LogP contribution is -2.35. The predicted molar refractivity (Wildman–Crippen MR) is 116 cm³/mol. The van der Waals surface area contributed by atoms with Crippen molar-refractivity contribution in [3.63, 3.8) is 0 Å². The van der Waals surface area contributed by atoms with E-state index in [4.69, 9.17) is 4.98 Å². The lowest BCUT2D eigenvalue weighted by Gasteiger charge is -2.34. The maximum Gasteiger partial charge on any atom is 0.180 e. The molecule has 3 heterocycles. The van der Waals surface area contributed by atoms with Crippen LogP contribution in [0.25, 0.3) is 11.5 Å². The van der Waals surface area contributed by atoms with Gasteiger partial charge in [0.25, 0.3) is 0 Å². The van der Waals surface area contributed by atoms with Crippen LogP contribution in [0.5, 0.6) is 5.75 Å². The minimum atomic E-state index is 0.336. The minimum Gasteiger partial charge on any atom is -0.508 e. The minimum absolute atomic E-state index is 0.336. The van der Waals surface area contributed by atoms with Crippen molar-refractivity contribution in [2.45, 2.75) is 39.5 Å². The van der Waals surface area contributed by atoms with Gasteiger partial charge in [-0.1, -0.05) is 18.2 Å². The molecule has 1 N–H and O–H groups in total. The summed E-state index contributed by atoms with van der Waals surface area (Å²) >= 11 is 0. The van der Waals surface area contributed by atoms with Crippen molar-refractivity contribution in [1.82, 2.24) is 15.0 Å². The summed E-state index contributed by atoms with van der Waals surface area (Å²) in [6.45, 7) is 6.22. The fourth-order valence-corrected chi connectivity index (χ4v) is 4.00. The van der Waals surface area contributed by atoms with Gasteiger partial charge in [-0.2, -0.15) is 0 Å². The van der Waals surface area contributed by atoms with E-state index in [1.807, 2.05) is 30.3 Å². The number of pyridine rings is 1. The van der Waals surface area contributed by atoms with Gasteiger partial charge in [-0.15, -0.1) is 0 Å². The zero-order chi connectivity index (χ0) is 20.2. The van der Waals surface area contributed by atoms with Gasteiger partial charge < -0.3 is 10.0 Å². The van der Waals surface area contributed by atoms with Crippen LogP contribution in [-0.2, 0) is 6.42 Å². The molecule has 0 aliphatic carbocycles. The molecule has 3 aromatic rings. The van der Waals surface area contributed by atoms with Crippen molar-refractivity contribution in [3.8, 4) is 17.3 Å². The van der Waals surface area contributed by atoms with Gasteiger partial charge in [-0.25, -0.2) is 9.97 Å². The molecule has 5 nitrogen and oxygen atoms in total. The molecule has 5 heteroatoms. The van der Waals surface area contributed by atoms with Crippen LogP contribution >= 0.6 is 0 Å². The molecule has 1 fully saturated rings. The summed E-state index contributed by atoms with van der Waals surface area (Å²) < 4.78 is 0. The quantitative estimate of drug-likeness (QED) is 0.686. The molecule has 0 spiro atoms. The molecule has 2 aromatic heterocycles. The highest BCUT2D eigenvalue weighted by Crippen LogP contribution is 2.29. The van der Waals surface area contributed by atoms with Crippen LogP contribution in [0.4, 0.5) is 5.82 Å². The number of phenols is 1. The van der Waals surface area contributed by atoms with Crippen LogP contribution < -0.4 is 4.90 Å². The molecule has 29 heavy (non-hydrogen) atoms. The largest absolute Gasteiger partial charge is 0.508 e. The van der Waals surface area contributed by atoms with Gasteiger partial charge in [-0.05, 0) is 75.3 Å². The number of hydrogen-bond donors (Lipinski definition) is 1. The average molecular weight is 389 g/mol. The molecule has 0 amide bonds. The normalized spacial score (nSPS) is 14.9. The van der Waals surface area contributed by atoms with Crippen LogP contribution in [0.15, 0.2) is 48.7 Å². The van der Waals surface area contributed by atoms with E-state index >= 15 is 0 Å². The highest BCUT2D eigenvalue weighted by Gasteiger charge is 2.23. The first kappa shape index (κ1) is 19.4. The van der Waals surface area contributed by atoms with Crippen LogP contribution in [-0.4, -0.2) is 33.1 Å². The summed E-state index contributed by atoms with van der Waals surface area (Å²) in [6.07, 6.45) is 6.41. The van der Waals surface area contributed by atoms with E-state index in [2.05, 4.69) is 28.7 Å². The van der Waals surface area contributed by atoms with E-state index < -0.39 is 0 Å². The number of benzene rings is 1. The maximum atomic E-state index is 9.43. The topological polar surface area (TPSA) is 62.1 Å². The van der Waals surface area contributed by atoms with E-state index in [0.29, 0.717) is 11.6 Å². The van der Waals surface area contributed by atoms with Gasteiger partial charge in [0.05, 0.1) is 0 Å². The van der Waals surface area contributed by atoms with Crippen molar-refractivity contribution in [3.05, 3.63) is 65.5 Å². The van der Waals surface area contributed by atoms with Gasteiger partial charge in [-0.3, -0.25) is 4.98 Å². The molecule has 150 valence electrons. The van der Waals surface area contributed by atoms with Crippen molar-refractivity contribution in [1.29, 1.82) is 0 Å². The first-order valence-corrected chi connectivity index (χ1v) is 10.4. The Labute approximate surface area is 172 Å². The highest BCUT2D eigenvalue weighted by molar-refractivity contribution is 5.57. The summed E-state index contributed by atoms with van der Waals surface area (Å²) in [5.74, 6) is 2.83. The van der Waals surface area contributed by atoms with E-state index in [1.165, 1.54) is 24.8 Å². The Balaban J connectivity index is 1.41. The third-order valence-corrected chi connectivity index (χ3v) is 5.95. The van der Waals surface area contributed by atoms with E-state index in [9.17, 15) is 5.11 Å². The number of nitrogens with zero attached hydrogens (tertiary/aromatic N) is 4. The van der Waals surface area contributed by atoms with Crippen LogP contribution in [0.2, 0.25) is 0 Å². The van der Waals surface area contributed by atoms with Gasteiger partial charge >= 0.3 is 0 Å². The number of phenolic OH excluding ortho intramolecular Hbond substituents is 1. The van der Waals surface area contributed by atoms with Gasteiger partial charge in [0, 0.05) is 30.5 Å². The Morgan fingerprint density at radius 2 is 1.76 bits per heavy atom. The van der Waals surface area contributed by atoms with E-state index in [0.717, 1.165) is 48.2 Å². The van der Waals surface area contributed by atoms with Gasteiger partial charge in [0.2, 0.25) is 0 Å². The lowest BCUT2D eigenvalue weighted by molar-refractivity contribution is 0.380. The summed E-state index contributed by atoms with van der Waals surface area (Å²) in [6, 6.07) is 13.4. The number of piperidine rings is 1. The molecular weight excluding hydrogens is 360 g/mol. The van der Waals surface area contributed by atoms with E-state index in [1.54, 1.807) is 18.3 Å². The Morgan fingerprint density at radius 1 is 1.00 bits per heavy atom. The number of hydrogen-bond acceptors (Lipinski definition) is 5. The molecule has 0 saturated carbocycles. The summed E-state index contributed by atoms with van der Waals surface area (Å²) in [5, 5.41) is 9.43. The molecule has 1 saturated heterocycles. The molecule has 0 unspecified atom stereocenters. The maximum absolute atomic E-state index is 9.43. The smallest absolute Gasteiger partial charge is 0.180 e. The first-order chi connectivity index (χ1) is 14.1. The molecule has 1 aromatic carbocycles. The van der Waals surface area contributed by atoms with E-state index in [-0.39, 0.29) is 0 Å². The summed E-state index contributed by atoms with van der Waals surface area (Å²) in [7, 11) is 0. The van der Waals surface area contributed by atoms with Crippen molar-refractivity contribution < 1.29 is 5.11 Å². The van der Waals surface area contributed by atoms with Gasteiger partial charge in [0.1, 0.15) is 17.3 Å². The highest BCUT2D eigenvalue weighted by atomic mass is 16.3. The zero-order valence-corrected chi connectivity index (χ0v) is 17.2. The predicted octanol–water partition coefficient (Wildman–Crippen LogP) is 4.71. The molecule has 1 aliphatic heterocycles. The molecule has 0 bridgehead atoms. The zero-order valence-electron chi connectivity index (χ0n) is 17.2. The fourth-order valence-electron chi connectivity index (χ4n) is 4.00. The number of aromatic hydroxyl groups is 1. The lowest BCUT2D eigenvalue weighted by atomic mass is 9.90. The van der Waals surface area contributed by atoms with Gasteiger partial charge in [0.15, 0.2) is 5.82 Å². The van der Waals surface area contributed by atoms with Crippen molar-refractivity contribution in [2.75, 3.05) is 18.0 Å². The number of rotatable bonds is 5. The van der Waals surface area contributed by atoms with Crippen molar-refractivity contribution >= 4 is 5.82 Å². The van der Waals surface area contributed by atoms with Crippen molar-refractivity contribution in [2.24, 2.45) is 5.92 Å². The summed E-state index contributed by atoms with van der Waals surface area (Å²) in [5.41, 5.74) is 4.30. The van der Waals surface area contributed by atoms with Crippen LogP contribution in [0.3, 0.4) is 0 Å². The second-order valence-corrected chi connectivity index (χ2v) is 7.93. The number of aromatic nitrogens is 3. The third kappa shape index (κ3) is 4.56. The number of aryl methyl sites for hydroxylation is 2. The second kappa shape index (κ2) is 8.60. The Kier molecular flexibility index (Phi) is 5.74. The number of anilines is 1. The molecule has 1 aliphatic rings. The molecular formula is C24H28N4O. The second-order valence-electron chi connectivity index (χ2n) is 7.93. The SMILES string of the molecule is Cc1nc(-c2ccccn2)nc(N2CCC(CCc3ccc(O)cc3)CC2)c1C. The Morgan fingerprint density at radius 3 is 2.45 bits per heavy atom. The van der Waals surface area contributed by atoms with Crippen LogP contribution in [0.1, 0.15) is 36.1 Å². The molecule has 0 radical (unpaired) electrons. The van der Waals surface area contributed by atoms with Crippen LogP contribution in [0, 0.1) is 19.8 Å². The Bertz CT molecular complexity index is 949. The monoisotopic (exact) mass is 388 g/mol. The average Bonchev–Trinajstić information content (AvgIpc) is 2.76. The molecule has 0 atom stereocenters. The third-order valence-electron chi connectivity index (χ3n) is 5.95.